The number of nitrogens with zero attached hydrogens (tertiary/aromatic N) is 1. The molecule has 1 aliphatic heterocycles. The minimum absolute atomic E-state index is 0.0628. The van der Waals surface area contributed by atoms with Crippen LogP contribution >= 0.6 is 7.82 Å². The molecule has 0 aromatic heterocycles. The first-order valence-electron chi connectivity index (χ1n) is 11.6. The van der Waals surface area contributed by atoms with Crippen molar-refractivity contribution in [2.75, 3.05) is 0 Å². The standard InChI is InChI=1S/C27H24NO8P/c29-23-15-21(16-25-26(23)35-25)28(31)27(30)22-13-7-8-14-24(22)36-37(32,33-17-19-9-3-1-4-10-19)34-18-20-11-5-2-6-12-20/h1-15,25-26,31H,16-18H2. The zero-order valence-corrected chi connectivity index (χ0v) is 20.5. The number of rotatable bonds is 10. The van der Waals surface area contributed by atoms with Crippen molar-refractivity contribution in [3.8, 4) is 5.75 Å². The third-order valence-electron chi connectivity index (χ3n) is 5.84. The summed E-state index contributed by atoms with van der Waals surface area (Å²) in [6.07, 6.45) is 0.545. The Morgan fingerprint density at radius 1 is 0.919 bits per heavy atom. The largest absolute Gasteiger partial charge is 0.530 e. The molecule has 0 saturated carbocycles. The van der Waals surface area contributed by atoms with Gasteiger partial charge in [-0.25, -0.2) is 4.57 Å². The van der Waals surface area contributed by atoms with Gasteiger partial charge in [-0.2, -0.15) is 5.06 Å². The number of phosphoric ester groups is 1. The van der Waals surface area contributed by atoms with E-state index < -0.39 is 19.8 Å². The van der Waals surface area contributed by atoms with Crippen molar-refractivity contribution in [2.24, 2.45) is 0 Å². The number of hydrogen-bond acceptors (Lipinski definition) is 8. The average molecular weight is 521 g/mol. The van der Waals surface area contributed by atoms with Crippen molar-refractivity contribution < 1.29 is 37.7 Å². The van der Waals surface area contributed by atoms with Gasteiger partial charge in [-0.3, -0.25) is 23.8 Å². The van der Waals surface area contributed by atoms with Crippen LogP contribution in [0.4, 0.5) is 0 Å². The molecule has 1 fully saturated rings. The molecule has 10 heteroatoms. The van der Waals surface area contributed by atoms with Crippen LogP contribution in [0.25, 0.3) is 0 Å². The van der Waals surface area contributed by atoms with E-state index in [1.54, 1.807) is 36.4 Å². The molecule has 1 saturated heterocycles. The molecule has 1 aliphatic carbocycles. The van der Waals surface area contributed by atoms with Crippen LogP contribution in [-0.4, -0.2) is 34.2 Å². The van der Waals surface area contributed by atoms with Crippen molar-refractivity contribution in [1.29, 1.82) is 0 Å². The van der Waals surface area contributed by atoms with Crippen LogP contribution in [-0.2, 0) is 36.4 Å². The summed E-state index contributed by atoms with van der Waals surface area (Å²) in [5.41, 5.74) is 1.50. The second kappa shape index (κ2) is 10.8. The second-order valence-electron chi connectivity index (χ2n) is 8.51. The predicted octanol–water partition coefficient (Wildman–Crippen LogP) is 5.06. The molecule has 0 spiro atoms. The number of para-hydroxylation sites is 1. The fourth-order valence-electron chi connectivity index (χ4n) is 3.84. The van der Waals surface area contributed by atoms with Gasteiger partial charge in [0, 0.05) is 12.5 Å². The summed E-state index contributed by atoms with van der Waals surface area (Å²) in [4.78, 5) is 25.2. The lowest BCUT2D eigenvalue weighted by Crippen LogP contribution is -2.31. The van der Waals surface area contributed by atoms with Crippen LogP contribution < -0.4 is 4.52 Å². The van der Waals surface area contributed by atoms with Gasteiger partial charge >= 0.3 is 7.82 Å². The Balaban J connectivity index is 1.37. The third-order valence-corrected chi connectivity index (χ3v) is 7.15. The van der Waals surface area contributed by atoms with Crippen LogP contribution in [0.15, 0.2) is 96.7 Å². The Labute approximate surface area is 213 Å². The maximum Gasteiger partial charge on any atom is 0.530 e. The molecule has 2 unspecified atom stereocenters. The van der Waals surface area contributed by atoms with E-state index in [2.05, 4.69) is 0 Å². The van der Waals surface area contributed by atoms with E-state index in [-0.39, 0.29) is 48.5 Å². The molecule has 5 rings (SSSR count). The number of benzene rings is 3. The van der Waals surface area contributed by atoms with Gasteiger partial charge in [0.25, 0.3) is 5.91 Å². The summed E-state index contributed by atoms with van der Waals surface area (Å²) >= 11 is 0. The number of hydroxylamine groups is 2. The molecule has 1 N–H and O–H groups in total. The molecule has 9 nitrogen and oxygen atoms in total. The summed E-state index contributed by atoms with van der Waals surface area (Å²) in [7, 11) is -4.26. The number of ketones is 1. The van der Waals surface area contributed by atoms with Gasteiger partial charge in [0.15, 0.2) is 5.78 Å². The Morgan fingerprint density at radius 2 is 1.49 bits per heavy atom. The van der Waals surface area contributed by atoms with E-state index in [1.165, 1.54) is 18.2 Å². The molecule has 37 heavy (non-hydrogen) atoms. The number of amides is 1. The van der Waals surface area contributed by atoms with Crippen molar-refractivity contribution in [3.63, 3.8) is 0 Å². The second-order valence-corrected chi connectivity index (χ2v) is 10.1. The number of phosphoric acid groups is 1. The lowest BCUT2D eigenvalue weighted by molar-refractivity contribution is -0.116. The van der Waals surface area contributed by atoms with Crippen LogP contribution in [0.5, 0.6) is 5.75 Å². The van der Waals surface area contributed by atoms with Gasteiger partial charge in [-0.1, -0.05) is 72.8 Å². The summed E-state index contributed by atoms with van der Waals surface area (Å²) in [6.45, 7) is -0.126. The van der Waals surface area contributed by atoms with E-state index in [9.17, 15) is 19.4 Å². The van der Waals surface area contributed by atoms with E-state index in [0.29, 0.717) is 5.06 Å². The zero-order valence-electron chi connectivity index (χ0n) is 19.6. The van der Waals surface area contributed by atoms with Gasteiger partial charge in [0.05, 0.1) is 30.6 Å². The molecule has 0 bridgehead atoms. The van der Waals surface area contributed by atoms with Crippen molar-refractivity contribution in [1.82, 2.24) is 5.06 Å². The Bertz CT molecular complexity index is 1310. The summed E-state index contributed by atoms with van der Waals surface area (Å²) in [6, 6.07) is 24.1. The lowest BCUT2D eigenvalue weighted by atomic mass is 10.0. The molecule has 190 valence electrons. The van der Waals surface area contributed by atoms with Crippen LogP contribution in [0.1, 0.15) is 27.9 Å². The molecule has 3 aromatic carbocycles. The molecular formula is C27H24NO8P. The number of carbonyl (C=O) groups excluding carboxylic acids is 2. The number of carbonyl (C=O) groups is 2. The molecule has 2 atom stereocenters. The first-order chi connectivity index (χ1) is 17.9. The quantitative estimate of drug-likeness (QED) is 0.170. The number of fused-ring (bicyclic) bond motifs is 1. The Morgan fingerprint density at radius 3 is 2.08 bits per heavy atom. The number of epoxide rings is 1. The normalized spacial score (nSPS) is 18.5. The fraction of sp³-hybridized carbons (Fsp3) is 0.185. The molecule has 0 radical (unpaired) electrons. The monoisotopic (exact) mass is 521 g/mol. The molecule has 2 aliphatic rings. The first kappa shape index (κ1) is 25.1. The summed E-state index contributed by atoms with van der Waals surface area (Å²) < 4.78 is 36.0. The van der Waals surface area contributed by atoms with Crippen molar-refractivity contribution in [2.45, 2.75) is 31.8 Å². The number of hydrogen-bond donors (Lipinski definition) is 1. The van der Waals surface area contributed by atoms with Gasteiger partial charge in [0.2, 0.25) is 0 Å². The van der Waals surface area contributed by atoms with Gasteiger partial charge < -0.3 is 9.26 Å². The highest BCUT2D eigenvalue weighted by molar-refractivity contribution is 7.48. The van der Waals surface area contributed by atoms with E-state index in [4.69, 9.17) is 18.3 Å². The SMILES string of the molecule is O=C1C=C(N(O)C(=O)c2ccccc2OP(=O)(OCc2ccccc2)OCc2ccccc2)CC2OC12. The zero-order chi connectivity index (χ0) is 25.8. The highest BCUT2D eigenvalue weighted by atomic mass is 31.2. The Hall–Kier alpha value is -3.59. The van der Waals surface area contributed by atoms with Gasteiger partial charge in [0.1, 0.15) is 11.9 Å². The van der Waals surface area contributed by atoms with Gasteiger partial charge in [-0.05, 0) is 23.3 Å². The average Bonchev–Trinajstić information content (AvgIpc) is 3.72. The maximum absolute atomic E-state index is 13.7. The predicted molar refractivity (Wildman–Crippen MR) is 131 cm³/mol. The maximum atomic E-state index is 13.7. The highest BCUT2D eigenvalue weighted by Gasteiger charge is 2.48. The Kier molecular flexibility index (Phi) is 7.32. The highest BCUT2D eigenvalue weighted by Crippen LogP contribution is 2.51. The lowest BCUT2D eigenvalue weighted by Gasteiger charge is -2.23. The fourth-order valence-corrected chi connectivity index (χ4v) is 5.04. The molecule has 1 heterocycles. The van der Waals surface area contributed by atoms with Crippen molar-refractivity contribution in [3.05, 3.63) is 113 Å². The topological polar surface area (TPSA) is 115 Å². The summed E-state index contributed by atoms with van der Waals surface area (Å²) in [5, 5.41) is 11.0. The van der Waals surface area contributed by atoms with Gasteiger partial charge in [-0.15, -0.1) is 0 Å². The third kappa shape index (κ3) is 6.05. The van der Waals surface area contributed by atoms with E-state index >= 15 is 0 Å². The van der Waals surface area contributed by atoms with Crippen LogP contribution in [0.3, 0.4) is 0 Å². The minimum atomic E-state index is -4.26. The smallest absolute Gasteiger partial charge is 0.403 e. The van der Waals surface area contributed by atoms with E-state index in [1.807, 2.05) is 36.4 Å². The van der Waals surface area contributed by atoms with Crippen LogP contribution in [0.2, 0.25) is 0 Å². The first-order valence-corrected chi connectivity index (χ1v) is 13.1. The molecular weight excluding hydrogens is 497 g/mol. The minimum Gasteiger partial charge on any atom is -0.403 e. The number of ether oxygens (including phenoxy) is 1. The molecule has 3 aromatic rings. The van der Waals surface area contributed by atoms with E-state index in [0.717, 1.165) is 11.1 Å². The summed E-state index contributed by atoms with van der Waals surface area (Å²) in [5.74, 6) is -1.29. The van der Waals surface area contributed by atoms with Crippen LogP contribution in [0, 0.1) is 0 Å². The van der Waals surface area contributed by atoms with Crippen molar-refractivity contribution >= 4 is 19.5 Å². The molecule has 1 amide bonds.